The second kappa shape index (κ2) is 5.39. The standard InChI is InChI=1S/C14H14N2O3/c1-10-5-6-14(16(18)19)13(7-10)15-9-11-3-2-4-12(17)8-11/h2-8,15,17H,9H2,1H3. The third kappa shape index (κ3) is 3.22. The van der Waals surface area contributed by atoms with Gasteiger partial charge in [0.15, 0.2) is 0 Å². The maximum Gasteiger partial charge on any atom is 0.292 e. The van der Waals surface area contributed by atoms with E-state index >= 15 is 0 Å². The van der Waals surface area contributed by atoms with Crippen molar-refractivity contribution in [2.45, 2.75) is 13.5 Å². The maximum absolute atomic E-state index is 10.9. The Morgan fingerprint density at radius 2 is 2.05 bits per heavy atom. The number of benzene rings is 2. The molecule has 0 fully saturated rings. The van der Waals surface area contributed by atoms with Crippen LogP contribution in [0.2, 0.25) is 0 Å². The molecule has 0 radical (unpaired) electrons. The molecule has 0 atom stereocenters. The fourth-order valence-corrected chi connectivity index (χ4v) is 1.81. The van der Waals surface area contributed by atoms with Crippen molar-refractivity contribution in [3.05, 3.63) is 63.7 Å². The van der Waals surface area contributed by atoms with Crippen LogP contribution in [0.3, 0.4) is 0 Å². The van der Waals surface area contributed by atoms with Gasteiger partial charge in [-0.2, -0.15) is 0 Å². The molecule has 0 unspecified atom stereocenters. The first kappa shape index (κ1) is 12.9. The van der Waals surface area contributed by atoms with Crippen molar-refractivity contribution >= 4 is 11.4 Å². The molecular weight excluding hydrogens is 244 g/mol. The SMILES string of the molecule is Cc1ccc([N+](=O)[O-])c(NCc2cccc(O)c2)c1. The molecule has 5 nitrogen and oxygen atoms in total. The van der Waals surface area contributed by atoms with Crippen molar-refractivity contribution in [2.24, 2.45) is 0 Å². The lowest BCUT2D eigenvalue weighted by Gasteiger charge is -2.08. The molecule has 2 aromatic rings. The summed E-state index contributed by atoms with van der Waals surface area (Å²) in [4.78, 5) is 10.5. The van der Waals surface area contributed by atoms with Crippen molar-refractivity contribution in [1.29, 1.82) is 0 Å². The number of hydrogen-bond acceptors (Lipinski definition) is 4. The zero-order valence-corrected chi connectivity index (χ0v) is 10.5. The number of nitro groups is 1. The van der Waals surface area contributed by atoms with Gasteiger partial charge in [0.25, 0.3) is 5.69 Å². The van der Waals surface area contributed by atoms with E-state index in [1.807, 2.05) is 13.0 Å². The summed E-state index contributed by atoms with van der Waals surface area (Å²) in [6.07, 6.45) is 0. The summed E-state index contributed by atoms with van der Waals surface area (Å²) in [5, 5.41) is 23.3. The van der Waals surface area contributed by atoms with E-state index in [1.165, 1.54) is 6.07 Å². The number of anilines is 1. The number of hydrogen-bond donors (Lipinski definition) is 2. The van der Waals surface area contributed by atoms with Crippen molar-refractivity contribution in [3.8, 4) is 5.75 Å². The van der Waals surface area contributed by atoms with Gasteiger partial charge in [-0.3, -0.25) is 10.1 Å². The normalized spacial score (nSPS) is 10.2. The average molecular weight is 258 g/mol. The molecule has 0 aliphatic carbocycles. The highest BCUT2D eigenvalue weighted by Crippen LogP contribution is 2.26. The zero-order chi connectivity index (χ0) is 13.8. The molecule has 0 amide bonds. The predicted molar refractivity (Wildman–Crippen MR) is 73.3 cm³/mol. The van der Waals surface area contributed by atoms with Crippen molar-refractivity contribution in [2.75, 3.05) is 5.32 Å². The van der Waals surface area contributed by atoms with Gasteiger partial charge in [-0.1, -0.05) is 18.2 Å². The van der Waals surface area contributed by atoms with Crippen LogP contribution in [0.5, 0.6) is 5.75 Å². The van der Waals surface area contributed by atoms with E-state index in [1.54, 1.807) is 30.3 Å². The van der Waals surface area contributed by atoms with Crippen molar-refractivity contribution < 1.29 is 10.0 Å². The molecule has 19 heavy (non-hydrogen) atoms. The van der Waals surface area contributed by atoms with Crippen LogP contribution in [0, 0.1) is 17.0 Å². The summed E-state index contributed by atoms with van der Waals surface area (Å²) in [6.45, 7) is 2.29. The molecule has 0 aliphatic rings. The summed E-state index contributed by atoms with van der Waals surface area (Å²) in [6, 6.07) is 11.7. The fourth-order valence-electron chi connectivity index (χ4n) is 1.81. The first-order valence-corrected chi connectivity index (χ1v) is 5.83. The Labute approximate surface area is 110 Å². The lowest BCUT2D eigenvalue weighted by molar-refractivity contribution is -0.384. The molecular formula is C14H14N2O3. The Kier molecular flexibility index (Phi) is 3.66. The zero-order valence-electron chi connectivity index (χ0n) is 10.5. The van der Waals surface area contributed by atoms with Gasteiger partial charge in [0, 0.05) is 12.6 Å². The van der Waals surface area contributed by atoms with E-state index in [0.717, 1.165) is 11.1 Å². The third-order valence-corrected chi connectivity index (χ3v) is 2.74. The van der Waals surface area contributed by atoms with E-state index in [2.05, 4.69) is 5.32 Å². The van der Waals surface area contributed by atoms with E-state index in [4.69, 9.17) is 0 Å². The number of aromatic hydroxyl groups is 1. The molecule has 2 rings (SSSR count). The third-order valence-electron chi connectivity index (χ3n) is 2.74. The summed E-state index contributed by atoms with van der Waals surface area (Å²) < 4.78 is 0. The number of rotatable bonds is 4. The first-order chi connectivity index (χ1) is 9.06. The van der Waals surface area contributed by atoms with Gasteiger partial charge in [0.2, 0.25) is 0 Å². The molecule has 0 bridgehead atoms. The lowest BCUT2D eigenvalue weighted by Crippen LogP contribution is -2.02. The van der Waals surface area contributed by atoms with Crippen LogP contribution in [-0.4, -0.2) is 10.0 Å². The minimum absolute atomic E-state index is 0.0470. The second-order valence-corrected chi connectivity index (χ2v) is 4.30. The molecule has 98 valence electrons. The number of aryl methyl sites for hydroxylation is 1. The summed E-state index contributed by atoms with van der Waals surface area (Å²) in [5.74, 6) is 0.179. The molecule has 5 heteroatoms. The molecule has 2 N–H and O–H groups in total. The lowest BCUT2D eigenvalue weighted by atomic mass is 10.1. The van der Waals surface area contributed by atoms with Gasteiger partial charge >= 0.3 is 0 Å². The number of nitro benzene ring substituents is 1. The number of nitrogens with one attached hydrogen (secondary N) is 1. The Balaban J connectivity index is 2.19. The van der Waals surface area contributed by atoms with Crippen LogP contribution in [0.1, 0.15) is 11.1 Å². The van der Waals surface area contributed by atoms with Crippen molar-refractivity contribution in [1.82, 2.24) is 0 Å². The smallest absolute Gasteiger partial charge is 0.292 e. The molecule has 0 aromatic heterocycles. The highest BCUT2D eigenvalue weighted by atomic mass is 16.6. The van der Waals surface area contributed by atoms with Gasteiger partial charge in [0.05, 0.1) is 4.92 Å². The molecule has 0 saturated heterocycles. The van der Waals surface area contributed by atoms with Crippen LogP contribution in [0.15, 0.2) is 42.5 Å². The van der Waals surface area contributed by atoms with Crippen molar-refractivity contribution in [3.63, 3.8) is 0 Å². The van der Waals surface area contributed by atoms with Crippen LogP contribution in [0.25, 0.3) is 0 Å². The summed E-state index contributed by atoms with van der Waals surface area (Å²) in [7, 11) is 0. The predicted octanol–water partition coefficient (Wildman–Crippen LogP) is 3.22. The van der Waals surface area contributed by atoms with Gasteiger partial charge in [0.1, 0.15) is 11.4 Å². The molecule has 0 aliphatic heterocycles. The Morgan fingerprint density at radius 1 is 1.26 bits per heavy atom. The quantitative estimate of drug-likeness (QED) is 0.652. The molecule has 0 spiro atoms. The van der Waals surface area contributed by atoms with E-state index in [0.29, 0.717) is 12.2 Å². The minimum atomic E-state index is -0.412. The van der Waals surface area contributed by atoms with Gasteiger partial charge in [-0.15, -0.1) is 0 Å². The van der Waals surface area contributed by atoms with Crippen LogP contribution in [0.4, 0.5) is 11.4 Å². The van der Waals surface area contributed by atoms with Crippen LogP contribution in [-0.2, 0) is 6.54 Å². The second-order valence-electron chi connectivity index (χ2n) is 4.30. The van der Waals surface area contributed by atoms with E-state index in [9.17, 15) is 15.2 Å². The Morgan fingerprint density at radius 3 is 2.74 bits per heavy atom. The van der Waals surface area contributed by atoms with Crippen LogP contribution >= 0.6 is 0 Å². The summed E-state index contributed by atoms with van der Waals surface area (Å²) >= 11 is 0. The number of nitrogens with zero attached hydrogens (tertiary/aromatic N) is 1. The summed E-state index contributed by atoms with van der Waals surface area (Å²) in [5.41, 5.74) is 2.33. The van der Waals surface area contributed by atoms with Crippen LogP contribution < -0.4 is 5.32 Å². The van der Waals surface area contributed by atoms with Gasteiger partial charge in [-0.25, -0.2) is 0 Å². The topological polar surface area (TPSA) is 75.4 Å². The first-order valence-electron chi connectivity index (χ1n) is 5.83. The van der Waals surface area contributed by atoms with Gasteiger partial charge < -0.3 is 10.4 Å². The number of phenols is 1. The van der Waals surface area contributed by atoms with Gasteiger partial charge in [-0.05, 0) is 36.2 Å². The number of phenolic OH excluding ortho intramolecular Hbond substituents is 1. The Bertz CT molecular complexity index is 611. The Hall–Kier alpha value is -2.56. The molecule has 0 saturated carbocycles. The molecule has 0 heterocycles. The highest BCUT2D eigenvalue weighted by Gasteiger charge is 2.12. The minimum Gasteiger partial charge on any atom is -0.508 e. The maximum atomic E-state index is 10.9. The fraction of sp³-hybridized carbons (Fsp3) is 0.143. The van der Waals surface area contributed by atoms with E-state index < -0.39 is 4.92 Å². The monoisotopic (exact) mass is 258 g/mol. The van der Waals surface area contributed by atoms with E-state index in [-0.39, 0.29) is 11.4 Å². The largest absolute Gasteiger partial charge is 0.508 e. The highest BCUT2D eigenvalue weighted by molar-refractivity contribution is 5.62. The molecule has 2 aromatic carbocycles. The average Bonchev–Trinajstić information content (AvgIpc) is 2.36.